The first kappa shape index (κ1) is 18.7. The molecule has 1 rings (SSSR count). The summed E-state index contributed by atoms with van der Waals surface area (Å²) in [5.74, 6) is 0.398. The standard InChI is InChI=1S/C21H26O2/c1-6-9-21(23)18(8-3)14-17(7-2)10-11-20-15(4)12-19(22)13-16(20)5/h7-8,10-14,22H,3,6,9H2,1-2,4-5H3/b11-10+,17-7-,18-14+. The Morgan fingerprint density at radius 3 is 2.35 bits per heavy atom. The van der Waals surface area contributed by atoms with E-state index in [2.05, 4.69) is 6.58 Å². The molecule has 1 aromatic carbocycles. The molecule has 0 aliphatic heterocycles. The van der Waals surface area contributed by atoms with Gasteiger partial charge in [-0.3, -0.25) is 4.79 Å². The maximum absolute atomic E-state index is 12.0. The average molecular weight is 310 g/mol. The summed E-state index contributed by atoms with van der Waals surface area (Å²) < 4.78 is 0. The SMILES string of the molecule is C=C\C(=C/C(=C\C)/C=C/c1c(C)cc(O)cc1C)C(=O)CCC. The van der Waals surface area contributed by atoms with Crippen molar-refractivity contribution in [3.05, 3.63) is 70.9 Å². The number of Topliss-reactive ketones (excluding diaryl/α,β-unsaturated/α-hetero) is 1. The molecule has 0 unspecified atom stereocenters. The van der Waals surface area contributed by atoms with Gasteiger partial charge in [-0.2, -0.15) is 0 Å². The number of phenolic OH excluding ortho intramolecular Hbond substituents is 1. The van der Waals surface area contributed by atoms with Crippen molar-refractivity contribution in [1.29, 1.82) is 0 Å². The minimum absolute atomic E-state index is 0.118. The summed E-state index contributed by atoms with van der Waals surface area (Å²) in [6.45, 7) is 11.6. The summed E-state index contributed by atoms with van der Waals surface area (Å²) >= 11 is 0. The summed E-state index contributed by atoms with van der Waals surface area (Å²) in [4.78, 5) is 12.0. The van der Waals surface area contributed by atoms with Crippen LogP contribution in [0.5, 0.6) is 5.75 Å². The minimum Gasteiger partial charge on any atom is -0.508 e. The molecule has 0 aliphatic carbocycles. The van der Waals surface area contributed by atoms with Gasteiger partial charge >= 0.3 is 0 Å². The first-order valence-corrected chi connectivity index (χ1v) is 7.94. The number of aryl methyl sites for hydroxylation is 2. The highest BCUT2D eigenvalue weighted by atomic mass is 16.3. The van der Waals surface area contributed by atoms with Crippen molar-refractivity contribution < 1.29 is 9.90 Å². The van der Waals surface area contributed by atoms with E-state index in [1.807, 2.05) is 52.0 Å². The fourth-order valence-electron chi connectivity index (χ4n) is 2.43. The van der Waals surface area contributed by atoms with Crippen LogP contribution in [0.25, 0.3) is 6.08 Å². The zero-order valence-corrected chi connectivity index (χ0v) is 14.5. The fraction of sp³-hybridized carbons (Fsp3) is 0.286. The van der Waals surface area contributed by atoms with E-state index < -0.39 is 0 Å². The van der Waals surface area contributed by atoms with Gasteiger partial charge in [0.25, 0.3) is 0 Å². The maximum Gasteiger partial charge on any atom is 0.162 e. The van der Waals surface area contributed by atoms with E-state index in [9.17, 15) is 9.90 Å². The molecular formula is C21H26O2. The molecule has 0 aromatic heterocycles. The first-order chi connectivity index (χ1) is 10.9. The normalized spacial score (nSPS) is 12.7. The monoisotopic (exact) mass is 310 g/mol. The number of carbonyl (C=O) groups excluding carboxylic acids is 1. The van der Waals surface area contributed by atoms with Crippen molar-refractivity contribution in [2.24, 2.45) is 0 Å². The molecule has 2 heteroatoms. The molecular weight excluding hydrogens is 284 g/mol. The molecule has 0 amide bonds. The van der Waals surface area contributed by atoms with Crippen LogP contribution in [0.1, 0.15) is 43.4 Å². The lowest BCUT2D eigenvalue weighted by molar-refractivity contribution is -0.115. The molecule has 23 heavy (non-hydrogen) atoms. The zero-order chi connectivity index (χ0) is 17.4. The molecule has 0 bridgehead atoms. The highest BCUT2D eigenvalue weighted by Gasteiger charge is 2.05. The minimum atomic E-state index is 0.118. The summed E-state index contributed by atoms with van der Waals surface area (Å²) in [6.07, 6.45) is 10.8. The number of ketones is 1. The second-order valence-electron chi connectivity index (χ2n) is 5.59. The number of benzene rings is 1. The van der Waals surface area contributed by atoms with Gasteiger partial charge in [-0.25, -0.2) is 0 Å². The second-order valence-corrected chi connectivity index (χ2v) is 5.59. The summed E-state index contributed by atoms with van der Waals surface area (Å²) in [5.41, 5.74) is 4.71. The van der Waals surface area contributed by atoms with Crippen LogP contribution in [0, 0.1) is 13.8 Å². The number of phenols is 1. The van der Waals surface area contributed by atoms with E-state index in [1.54, 1.807) is 18.2 Å². The number of hydrogen-bond donors (Lipinski definition) is 1. The lowest BCUT2D eigenvalue weighted by Gasteiger charge is -2.07. The Morgan fingerprint density at radius 1 is 1.26 bits per heavy atom. The van der Waals surface area contributed by atoms with E-state index in [0.29, 0.717) is 12.0 Å². The van der Waals surface area contributed by atoms with Crippen LogP contribution in [0.2, 0.25) is 0 Å². The van der Waals surface area contributed by atoms with Gasteiger partial charge in [-0.1, -0.05) is 37.8 Å². The lowest BCUT2D eigenvalue weighted by atomic mass is 9.99. The zero-order valence-electron chi connectivity index (χ0n) is 14.5. The van der Waals surface area contributed by atoms with Gasteiger partial charge in [-0.05, 0) is 67.7 Å². The maximum atomic E-state index is 12.0. The Morgan fingerprint density at radius 2 is 1.87 bits per heavy atom. The molecule has 122 valence electrons. The molecule has 0 atom stereocenters. The largest absolute Gasteiger partial charge is 0.508 e. The van der Waals surface area contributed by atoms with Crippen LogP contribution in [0.4, 0.5) is 0 Å². The Kier molecular flexibility index (Phi) is 7.27. The third-order valence-electron chi connectivity index (χ3n) is 3.70. The van der Waals surface area contributed by atoms with Crippen molar-refractivity contribution in [3.8, 4) is 5.75 Å². The van der Waals surface area contributed by atoms with Gasteiger partial charge in [0, 0.05) is 12.0 Å². The van der Waals surface area contributed by atoms with Gasteiger partial charge in [0.1, 0.15) is 5.75 Å². The van der Waals surface area contributed by atoms with E-state index in [1.165, 1.54) is 0 Å². The molecule has 0 fully saturated rings. The van der Waals surface area contributed by atoms with Gasteiger partial charge in [-0.15, -0.1) is 0 Å². The molecule has 2 nitrogen and oxygen atoms in total. The molecule has 0 spiro atoms. The lowest BCUT2D eigenvalue weighted by Crippen LogP contribution is -1.99. The summed E-state index contributed by atoms with van der Waals surface area (Å²) in [7, 11) is 0. The molecule has 0 radical (unpaired) electrons. The molecule has 0 saturated heterocycles. The van der Waals surface area contributed by atoms with Crippen molar-refractivity contribution in [3.63, 3.8) is 0 Å². The Bertz CT molecular complexity index is 650. The second kappa shape index (κ2) is 8.94. The van der Waals surface area contributed by atoms with Gasteiger partial charge in [0.2, 0.25) is 0 Å². The predicted octanol–water partition coefficient (Wildman–Crippen LogP) is 5.45. The van der Waals surface area contributed by atoms with E-state index in [0.717, 1.165) is 28.7 Å². The Hall–Kier alpha value is -2.35. The van der Waals surface area contributed by atoms with Crippen LogP contribution < -0.4 is 0 Å². The van der Waals surface area contributed by atoms with Gasteiger partial charge in [0.05, 0.1) is 0 Å². The van der Waals surface area contributed by atoms with Gasteiger partial charge < -0.3 is 5.11 Å². The highest BCUT2D eigenvalue weighted by molar-refractivity contribution is 5.98. The highest BCUT2D eigenvalue weighted by Crippen LogP contribution is 2.22. The molecule has 1 N–H and O–H groups in total. The first-order valence-electron chi connectivity index (χ1n) is 7.94. The van der Waals surface area contributed by atoms with E-state index in [-0.39, 0.29) is 11.5 Å². The Labute approximate surface area is 139 Å². The smallest absolute Gasteiger partial charge is 0.162 e. The fourth-order valence-corrected chi connectivity index (χ4v) is 2.43. The van der Waals surface area contributed by atoms with Crippen molar-refractivity contribution in [1.82, 2.24) is 0 Å². The van der Waals surface area contributed by atoms with Crippen LogP contribution in [0.15, 0.2) is 54.2 Å². The third kappa shape index (κ3) is 5.41. The van der Waals surface area contributed by atoms with Crippen molar-refractivity contribution in [2.75, 3.05) is 0 Å². The average Bonchev–Trinajstić information content (AvgIpc) is 2.49. The number of allylic oxidation sites excluding steroid dienone is 6. The Balaban J connectivity index is 3.10. The molecule has 0 heterocycles. The number of carbonyl (C=O) groups is 1. The summed E-state index contributed by atoms with van der Waals surface area (Å²) in [5, 5.41) is 9.61. The van der Waals surface area contributed by atoms with Crippen LogP contribution in [0.3, 0.4) is 0 Å². The molecule has 0 saturated carbocycles. The topological polar surface area (TPSA) is 37.3 Å². The number of hydrogen-bond acceptors (Lipinski definition) is 2. The van der Waals surface area contributed by atoms with Crippen LogP contribution in [-0.4, -0.2) is 10.9 Å². The predicted molar refractivity (Wildman–Crippen MR) is 98.6 cm³/mol. The van der Waals surface area contributed by atoms with Crippen LogP contribution >= 0.6 is 0 Å². The van der Waals surface area contributed by atoms with E-state index in [4.69, 9.17) is 0 Å². The molecule has 0 aliphatic rings. The third-order valence-corrected chi connectivity index (χ3v) is 3.70. The number of rotatable bonds is 7. The quantitative estimate of drug-likeness (QED) is 0.537. The molecule has 1 aromatic rings. The number of aromatic hydroxyl groups is 1. The van der Waals surface area contributed by atoms with Gasteiger partial charge in [0.15, 0.2) is 5.78 Å². The van der Waals surface area contributed by atoms with Crippen LogP contribution in [-0.2, 0) is 4.79 Å². The van der Waals surface area contributed by atoms with E-state index >= 15 is 0 Å². The van der Waals surface area contributed by atoms with Crippen molar-refractivity contribution in [2.45, 2.75) is 40.5 Å². The van der Waals surface area contributed by atoms with Crippen molar-refractivity contribution >= 4 is 11.9 Å². The summed E-state index contributed by atoms with van der Waals surface area (Å²) in [6, 6.07) is 3.50.